The molecule has 2 amide bonds. The normalized spacial score (nSPS) is 18.3. The van der Waals surface area contributed by atoms with Crippen LogP contribution in [0.25, 0.3) is 0 Å². The number of rotatable bonds is 4. The van der Waals surface area contributed by atoms with E-state index in [0.717, 1.165) is 6.07 Å². The number of nitrogens with two attached hydrogens (primary N) is 1. The fourth-order valence-corrected chi connectivity index (χ4v) is 2.13. The summed E-state index contributed by atoms with van der Waals surface area (Å²) in [5, 5.41) is 5.77. The molecule has 0 spiro atoms. The van der Waals surface area contributed by atoms with Gasteiger partial charge in [0.15, 0.2) is 0 Å². The molecule has 4 N–H and O–H groups in total. The van der Waals surface area contributed by atoms with E-state index < -0.39 is 11.7 Å². The number of halogens is 1. The minimum Gasteiger partial charge on any atom is -0.378 e. The molecule has 1 aromatic carbocycles. The van der Waals surface area contributed by atoms with Crippen LogP contribution in [0, 0.1) is 12.7 Å². The molecule has 1 fully saturated rings. The van der Waals surface area contributed by atoms with E-state index in [1.165, 1.54) is 13.0 Å². The maximum absolute atomic E-state index is 13.7. The first-order valence-electron chi connectivity index (χ1n) is 6.68. The molecule has 0 radical (unpaired) electrons. The summed E-state index contributed by atoms with van der Waals surface area (Å²) in [7, 11) is 0. The van der Waals surface area contributed by atoms with Crippen molar-refractivity contribution in [3.8, 4) is 0 Å². The second-order valence-electron chi connectivity index (χ2n) is 4.97. The molecule has 2 rings (SSSR count). The van der Waals surface area contributed by atoms with Crippen LogP contribution in [0.15, 0.2) is 12.1 Å². The van der Waals surface area contributed by atoms with E-state index in [0.29, 0.717) is 19.8 Å². The van der Waals surface area contributed by atoms with Gasteiger partial charge in [-0.05, 0) is 19.1 Å². The van der Waals surface area contributed by atoms with Crippen LogP contribution in [0.3, 0.4) is 0 Å². The Balaban J connectivity index is 2.07. The third-order valence-electron chi connectivity index (χ3n) is 3.33. The van der Waals surface area contributed by atoms with Crippen LogP contribution < -0.4 is 16.4 Å². The Bertz CT molecular complexity index is 557. The molecule has 1 aromatic rings. The number of ether oxygens (including phenoxy) is 1. The highest BCUT2D eigenvalue weighted by molar-refractivity contribution is 5.97. The molecule has 1 aliphatic heterocycles. The van der Waals surface area contributed by atoms with Gasteiger partial charge in [-0.25, -0.2) is 4.39 Å². The average molecular weight is 295 g/mol. The van der Waals surface area contributed by atoms with Gasteiger partial charge in [0.05, 0.1) is 13.2 Å². The highest BCUT2D eigenvalue weighted by Crippen LogP contribution is 2.21. The summed E-state index contributed by atoms with van der Waals surface area (Å²) < 4.78 is 19.0. The lowest BCUT2D eigenvalue weighted by molar-refractivity contribution is -0.117. The monoisotopic (exact) mass is 295 g/mol. The number of morpholine rings is 1. The van der Waals surface area contributed by atoms with Gasteiger partial charge in [-0.1, -0.05) is 0 Å². The summed E-state index contributed by atoms with van der Waals surface area (Å²) in [4.78, 5) is 23.1. The molecular formula is C14H18FN3O3. The smallest absolute Gasteiger partial charge is 0.248 e. The van der Waals surface area contributed by atoms with Gasteiger partial charge in [0.25, 0.3) is 0 Å². The first kappa shape index (κ1) is 15.4. The molecule has 6 nitrogen and oxygen atoms in total. The summed E-state index contributed by atoms with van der Waals surface area (Å²) in [6, 6.07) is 2.37. The maximum atomic E-state index is 13.7. The SMILES string of the molecule is Cc1c(F)cc(C(N)=O)cc1NC(=O)CC1COCCN1. The van der Waals surface area contributed by atoms with E-state index in [1.807, 2.05) is 0 Å². The third-order valence-corrected chi connectivity index (χ3v) is 3.33. The van der Waals surface area contributed by atoms with Crippen molar-refractivity contribution in [3.63, 3.8) is 0 Å². The summed E-state index contributed by atoms with van der Waals surface area (Å²) in [6.07, 6.45) is 0.210. The first-order valence-corrected chi connectivity index (χ1v) is 6.68. The molecule has 1 atom stereocenters. The number of benzene rings is 1. The van der Waals surface area contributed by atoms with Gasteiger partial charge < -0.3 is 21.1 Å². The second kappa shape index (κ2) is 6.64. The molecule has 0 aromatic heterocycles. The minimum atomic E-state index is -0.744. The molecule has 1 unspecified atom stereocenters. The number of hydrogen-bond acceptors (Lipinski definition) is 4. The number of anilines is 1. The molecule has 0 saturated carbocycles. The molecule has 114 valence electrons. The molecule has 1 heterocycles. The van der Waals surface area contributed by atoms with Gasteiger partial charge in [0, 0.05) is 35.8 Å². The molecule has 7 heteroatoms. The van der Waals surface area contributed by atoms with Gasteiger partial charge in [0.1, 0.15) is 5.82 Å². The number of carbonyl (C=O) groups excluding carboxylic acids is 2. The van der Waals surface area contributed by atoms with E-state index in [9.17, 15) is 14.0 Å². The van der Waals surface area contributed by atoms with Crippen molar-refractivity contribution in [1.82, 2.24) is 5.32 Å². The van der Waals surface area contributed by atoms with Crippen LogP contribution in [0.2, 0.25) is 0 Å². The van der Waals surface area contributed by atoms with Gasteiger partial charge in [-0.2, -0.15) is 0 Å². The van der Waals surface area contributed by atoms with Crippen molar-refractivity contribution in [2.24, 2.45) is 5.73 Å². The summed E-state index contributed by atoms with van der Waals surface area (Å²) in [6.45, 7) is 3.31. The molecule has 1 aliphatic rings. The second-order valence-corrected chi connectivity index (χ2v) is 4.97. The Morgan fingerprint density at radius 3 is 2.90 bits per heavy atom. The third kappa shape index (κ3) is 3.99. The van der Waals surface area contributed by atoms with E-state index in [2.05, 4.69) is 10.6 Å². The van der Waals surface area contributed by atoms with Gasteiger partial charge in [0.2, 0.25) is 11.8 Å². The fourth-order valence-electron chi connectivity index (χ4n) is 2.13. The first-order chi connectivity index (χ1) is 9.97. The van der Waals surface area contributed by atoms with Crippen molar-refractivity contribution in [3.05, 3.63) is 29.1 Å². The fraction of sp³-hybridized carbons (Fsp3) is 0.429. The van der Waals surface area contributed by atoms with Crippen molar-refractivity contribution < 1.29 is 18.7 Å². The summed E-state index contributed by atoms with van der Waals surface area (Å²) >= 11 is 0. The zero-order chi connectivity index (χ0) is 15.4. The van der Waals surface area contributed by atoms with Crippen LogP contribution in [-0.4, -0.2) is 37.6 Å². The highest BCUT2D eigenvalue weighted by Gasteiger charge is 2.18. The Kier molecular flexibility index (Phi) is 4.87. The standard InChI is InChI=1S/C14H18FN3O3/c1-8-11(15)4-9(14(16)20)5-12(8)18-13(19)6-10-7-21-3-2-17-10/h4-5,10,17H,2-3,6-7H2,1H3,(H2,16,20)(H,18,19). The van der Waals surface area contributed by atoms with Gasteiger partial charge in [-0.3, -0.25) is 9.59 Å². The predicted octanol–water partition coefficient (Wildman–Crippen LogP) is 0.550. The van der Waals surface area contributed by atoms with Crippen molar-refractivity contribution in [1.29, 1.82) is 0 Å². The van der Waals surface area contributed by atoms with Crippen LogP contribution in [0.5, 0.6) is 0 Å². The molecule has 0 aliphatic carbocycles. The molecule has 1 saturated heterocycles. The van der Waals surface area contributed by atoms with Crippen LogP contribution in [0.1, 0.15) is 22.3 Å². The number of carbonyl (C=O) groups is 2. The predicted molar refractivity (Wildman–Crippen MR) is 75.5 cm³/mol. The topological polar surface area (TPSA) is 93.5 Å². The molecular weight excluding hydrogens is 277 g/mol. The van der Waals surface area contributed by atoms with E-state index in [4.69, 9.17) is 10.5 Å². The Labute approximate surface area is 121 Å². The van der Waals surface area contributed by atoms with Gasteiger partial charge >= 0.3 is 0 Å². The van der Waals surface area contributed by atoms with Gasteiger partial charge in [-0.15, -0.1) is 0 Å². The van der Waals surface area contributed by atoms with Crippen LogP contribution >= 0.6 is 0 Å². The van der Waals surface area contributed by atoms with Crippen LogP contribution in [-0.2, 0) is 9.53 Å². The van der Waals surface area contributed by atoms with Crippen molar-refractivity contribution >= 4 is 17.5 Å². The number of amides is 2. The molecule has 0 bridgehead atoms. The van der Waals surface area contributed by atoms with Crippen molar-refractivity contribution in [2.75, 3.05) is 25.1 Å². The Morgan fingerprint density at radius 2 is 2.29 bits per heavy atom. The Hall–Kier alpha value is -1.99. The minimum absolute atomic E-state index is 0.0209. The molecule has 21 heavy (non-hydrogen) atoms. The zero-order valence-corrected chi connectivity index (χ0v) is 11.7. The zero-order valence-electron chi connectivity index (χ0n) is 11.7. The van der Waals surface area contributed by atoms with Crippen LogP contribution in [0.4, 0.5) is 10.1 Å². The average Bonchev–Trinajstić information content (AvgIpc) is 2.44. The maximum Gasteiger partial charge on any atom is 0.248 e. The van der Waals surface area contributed by atoms with E-state index in [-0.39, 0.29) is 35.2 Å². The lowest BCUT2D eigenvalue weighted by Gasteiger charge is -2.23. The van der Waals surface area contributed by atoms with E-state index in [1.54, 1.807) is 0 Å². The summed E-state index contributed by atoms with van der Waals surface area (Å²) in [5.74, 6) is -1.60. The summed E-state index contributed by atoms with van der Waals surface area (Å²) in [5.41, 5.74) is 5.68. The van der Waals surface area contributed by atoms with E-state index >= 15 is 0 Å². The number of primary amides is 1. The largest absolute Gasteiger partial charge is 0.378 e. The quantitative estimate of drug-likeness (QED) is 0.756. The van der Waals surface area contributed by atoms with Crippen molar-refractivity contribution in [2.45, 2.75) is 19.4 Å². The number of nitrogens with one attached hydrogen (secondary N) is 2. The Morgan fingerprint density at radius 1 is 1.52 bits per heavy atom. The lowest BCUT2D eigenvalue weighted by Crippen LogP contribution is -2.43. The lowest BCUT2D eigenvalue weighted by atomic mass is 10.1. The number of hydrogen-bond donors (Lipinski definition) is 3. The highest BCUT2D eigenvalue weighted by atomic mass is 19.1.